The van der Waals surface area contributed by atoms with Gasteiger partial charge in [0.25, 0.3) is 0 Å². The van der Waals surface area contributed by atoms with Crippen molar-refractivity contribution < 1.29 is 14.4 Å². The summed E-state index contributed by atoms with van der Waals surface area (Å²) in [5.74, 6) is 2.61. The average Bonchev–Trinajstić information content (AvgIpc) is 3.84. The van der Waals surface area contributed by atoms with E-state index in [1.807, 2.05) is 11.6 Å². The van der Waals surface area contributed by atoms with Crippen molar-refractivity contribution in [2.24, 2.45) is 0 Å². The molecule has 4 aromatic rings. The van der Waals surface area contributed by atoms with Crippen LogP contribution in [0.1, 0.15) is 98.6 Å². The third kappa shape index (κ3) is 4.02. The third-order valence-electron chi connectivity index (χ3n) is 11.3. The largest absolute Gasteiger partial charge is 0.474 e. The van der Waals surface area contributed by atoms with Crippen LogP contribution < -0.4 is 20.7 Å². The van der Waals surface area contributed by atoms with Crippen molar-refractivity contribution in [3.8, 4) is 23.5 Å². The highest BCUT2D eigenvalue weighted by molar-refractivity contribution is 7.16. The highest BCUT2D eigenvalue weighted by atomic mass is 32.1. The number of nitrogen functional groups attached to an aromatic ring is 1. The molecule has 3 aliphatic heterocycles. The van der Waals surface area contributed by atoms with Crippen LogP contribution in [0.15, 0.2) is 4.52 Å². The number of anilines is 2. The van der Waals surface area contributed by atoms with Gasteiger partial charge in [0.1, 0.15) is 28.9 Å². The Kier molecular flexibility index (Phi) is 6.28. The fourth-order valence-corrected chi connectivity index (χ4v) is 10.2. The lowest BCUT2D eigenvalue weighted by molar-refractivity contribution is 0.0321. The molecule has 13 heteroatoms. The lowest BCUT2D eigenvalue weighted by Gasteiger charge is -2.42. The summed E-state index contributed by atoms with van der Waals surface area (Å²) in [6.45, 7) is 5.98. The van der Waals surface area contributed by atoms with Crippen molar-refractivity contribution in [1.82, 2.24) is 30.2 Å². The summed E-state index contributed by atoms with van der Waals surface area (Å²) < 4.78 is 14.7. The molecule has 46 heavy (non-hydrogen) atoms. The van der Waals surface area contributed by atoms with Gasteiger partial charge in [0.05, 0.1) is 28.7 Å². The zero-order valence-corrected chi connectivity index (χ0v) is 27.1. The van der Waals surface area contributed by atoms with Gasteiger partial charge in [0.15, 0.2) is 22.9 Å². The zero-order chi connectivity index (χ0) is 31.4. The molecule has 0 unspecified atom stereocenters. The SMILES string of the molecule is C[C@@H]([C@@H]1CCCN1)n1nc2c3c(nc(-c4noc5c4CCC[C@@]54CCCc5sc(N)c(C#N)c54)nc31)N1C[C@](C)(O)CC[C@@H]1CO2. The maximum atomic E-state index is 11.2. The second kappa shape index (κ2) is 10.1. The molecule has 2 fully saturated rings. The fraction of sp³-hybridized carbons (Fsp3) is 0.606. The van der Waals surface area contributed by atoms with E-state index in [1.165, 1.54) is 4.88 Å². The number of piperidine rings is 1. The number of ether oxygens (including phenoxy) is 1. The van der Waals surface area contributed by atoms with E-state index in [0.717, 1.165) is 92.4 Å². The molecule has 2 aliphatic carbocycles. The number of nitrogens with two attached hydrogens (primary N) is 1. The lowest BCUT2D eigenvalue weighted by atomic mass is 9.63. The van der Waals surface area contributed by atoms with Gasteiger partial charge in [0.2, 0.25) is 5.88 Å². The summed E-state index contributed by atoms with van der Waals surface area (Å²) >= 11 is 1.54. The summed E-state index contributed by atoms with van der Waals surface area (Å²) in [6.07, 6.45) is 9.12. The summed E-state index contributed by atoms with van der Waals surface area (Å²) in [7, 11) is 0. The standard InChI is InChI=1S/C33H39N9O3S/c1-17(21-7-5-13-36-21)42-30-23-29(41-16-32(2,43)12-9-18(41)15-44-31(23)39-42)37-28(38-30)25-19-6-3-10-33(26(19)45-40-25)11-4-8-22-24(33)20(14-34)27(35)46-22/h17-18,21,36,43H,3-13,15-16,35H2,1-2H3/t17-,18+,21-,32+,33-/m0/s1. The van der Waals surface area contributed by atoms with Gasteiger partial charge in [-0.15, -0.1) is 16.4 Å². The Balaban J connectivity index is 1.24. The van der Waals surface area contributed by atoms with Crippen LogP contribution in [0, 0.1) is 11.3 Å². The quantitative estimate of drug-likeness (QED) is 0.291. The minimum atomic E-state index is -0.853. The molecule has 0 aromatic carbocycles. The molecular weight excluding hydrogens is 602 g/mol. The van der Waals surface area contributed by atoms with E-state index < -0.39 is 11.0 Å². The summed E-state index contributed by atoms with van der Waals surface area (Å²) in [6, 6.07) is 2.79. The molecule has 240 valence electrons. The molecule has 0 bridgehead atoms. The van der Waals surface area contributed by atoms with Crippen LogP contribution in [0.3, 0.4) is 0 Å². The number of hydrogen-bond donors (Lipinski definition) is 3. The Morgan fingerprint density at radius 2 is 2.02 bits per heavy atom. The zero-order valence-electron chi connectivity index (χ0n) is 26.3. The lowest BCUT2D eigenvalue weighted by Crippen LogP contribution is -2.53. The molecule has 7 heterocycles. The van der Waals surface area contributed by atoms with Crippen molar-refractivity contribution in [1.29, 1.82) is 5.26 Å². The highest BCUT2D eigenvalue weighted by Crippen LogP contribution is 2.55. The maximum Gasteiger partial charge on any atom is 0.246 e. The molecule has 12 nitrogen and oxygen atoms in total. The molecule has 1 spiro atoms. The number of nitriles is 1. The van der Waals surface area contributed by atoms with E-state index in [0.29, 0.717) is 53.2 Å². The molecule has 5 aliphatic rings. The highest BCUT2D eigenvalue weighted by Gasteiger charge is 2.49. The summed E-state index contributed by atoms with van der Waals surface area (Å²) in [5.41, 5.74) is 9.12. The topological polar surface area (TPSA) is 164 Å². The van der Waals surface area contributed by atoms with Gasteiger partial charge in [-0.05, 0) is 90.2 Å². The number of rotatable bonds is 3. The van der Waals surface area contributed by atoms with Crippen LogP contribution in [0.4, 0.5) is 10.8 Å². The number of nitrogens with zero attached hydrogens (tertiary/aromatic N) is 7. The normalized spacial score (nSPS) is 29.1. The van der Waals surface area contributed by atoms with Gasteiger partial charge in [-0.25, -0.2) is 14.6 Å². The number of hydrogen-bond acceptors (Lipinski definition) is 12. The molecule has 0 amide bonds. The smallest absolute Gasteiger partial charge is 0.246 e. The molecule has 0 saturated carbocycles. The number of aromatic nitrogens is 5. The number of nitrogens with one attached hydrogen (secondary N) is 1. The summed E-state index contributed by atoms with van der Waals surface area (Å²) in [4.78, 5) is 13.8. The summed E-state index contributed by atoms with van der Waals surface area (Å²) in [5, 5.41) is 36.1. The van der Waals surface area contributed by atoms with E-state index >= 15 is 0 Å². The van der Waals surface area contributed by atoms with E-state index in [1.54, 1.807) is 11.3 Å². The Bertz CT molecular complexity index is 1910. The second-order valence-electron chi connectivity index (χ2n) is 14.3. The Morgan fingerprint density at radius 3 is 2.83 bits per heavy atom. The van der Waals surface area contributed by atoms with E-state index in [9.17, 15) is 10.4 Å². The van der Waals surface area contributed by atoms with Crippen molar-refractivity contribution in [2.75, 3.05) is 30.3 Å². The van der Waals surface area contributed by atoms with E-state index in [2.05, 4.69) is 23.2 Å². The first-order valence-electron chi connectivity index (χ1n) is 16.7. The van der Waals surface area contributed by atoms with Crippen molar-refractivity contribution in [3.63, 3.8) is 0 Å². The Hall–Kier alpha value is -3.73. The maximum absolute atomic E-state index is 11.2. The van der Waals surface area contributed by atoms with Crippen LogP contribution in [-0.2, 0) is 18.3 Å². The number of fused-ring (bicyclic) bond motifs is 6. The van der Waals surface area contributed by atoms with Gasteiger partial charge >= 0.3 is 0 Å². The van der Waals surface area contributed by atoms with Crippen LogP contribution in [0.2, 0.25) is 0 Å². The van der Waals surface area contributed by atoms with Gasteiger partial charge in [-0.3, -0.25) is 0 Å². The van der Waals surface area contributed by atoms with Gasteiger partial charge in [0, 0.05) is 23.0 Å². The van der Waals surface area contributed by atoms with Crippen molar-refractivity contribution in [2.45, 2.75) is 107 Å². The molecule has 0 radical (unpaired) electrons. The number of thiophene rings is 1. The van der Waals surface area contributed by atoms with Crippen molar-refractivity contribution in [3.05, 3.63) is 27.3 Å². The van der Waals surface area contributed by atoms with Crippen LogP contribution in [-0.4, -0.2) is 67.4 Å². The Morgan fingerprint density at radius 1 is 1.17 bits per heavy atom. The fourth-order valence-electron chi connectivity index (χ4n) is 9.00. The first-order chi connectivity index (χ1) is 22.3. The minimum Gasteiger partial charge on any atom is -0.474 e. The third-order valence-corrected chi connectivity index (χ3v) is 12.4. The molecule has 2 saturated heterocycles. The first kappa shape index (κ1) is 28.5. The predicted molar refractivity (Wildman–Crippen MR) is 173 cm³/mol. The van der Waals surface area contributed by atoms with Gasteiger partial charge in [-0.1, -0.05) is 5.16 Å². The van der Waals surface area contributed by atoms with Crippen LogP contribution in [0.5, 0.6) is 5.88 Å². The predicted octanol–water partition coefficient (Wildman–Crippen LogP) is 4.38. The van der Waals surface area contributed by atoms with E-state index in [4.69, 9.17) is 35.2 Å². The molecule has 4 N–H and O–H groups in total. The van der Waals surface area contributed by atoms with Crippen molar-refractivity contribution >= 4 is 33.2 Å². The average molecular weight is 642 g/mol. The molecule has 9 rings (SSSR count). The first-order valence-corrected chi connectivity index (χ1v) is 17.6. The monoisotopic (exact) mass is 641 g/mol. The molecule has 5 atom stereocenters. The molecule has 4 aromatic heterocycles. The van der Waals surface area contributed by atoms with Crippen LogP contribution in [0.25, 0.3) is 22.6 Å². The second-order valence-corrected chi connectivity index (χ2v) is 15.4. The number of aryl methyl sites for hydroxylation is 1. The minimum absolute atomic E-state index is 0.0428. The van der Waals surface area contributed by atoms with E-state index in [-0.39, 0.29) is 18.1 Å². The van der Waals surface area contributed by atoms with Gasteiger partial charge < -0.3 is 30.3 Å². The number of aliphatic hydroxyl groups is 1. The van der Waals surface area contributed by atoms with Gasteiger partial charge in [-0.2, -0.15) is 5.26 Å². The molecular formula is C33H39N9O3S. The van der Waals surface area contributed by atoms with Crippen LogP contribution >= 0.6 is 11.3 Å². The Labute approximate surface area is 270 Å².